The van der Waals surface area contributed by atoms with Crippen molar-refractivity contribution in [2.75, 3.05) is 7.11 Å². The number of carbonyl (C=O) groups excluding carboxylic acids is 1. The maximum Gasteiger partial charge on any atom is 0.344 e. The van der Waals surface area contributed by atoms with Crippen LogP contribution in [-0.4, -0.2) is 41.3 Å². The zero-order valence-corrected chi connectivity index (χ0v) is 15.0. The molecule has 0 saturated heterocycles. The number of carbonyl (C=O) groups is 2. The van der Waals surface area contributed by atoms with Crippen molar-refractivity contribution in [3.63, 3.8) is 0 Å². The van der Waals surface area contributed by atoms with Crippen LogP contribution in [-0.2, 0) is 4.79 Å². The molecule has 1 amide bonds. The Hall–Kier alpha value is -3.95. The number of nitrogens with zero attached hydrogens (tertiary/aromatic N) is 2. The average Bonchev–Trinajstić information content (AvgIpc) is 2.68. The molecule has 0 heterocycles. The highest BCUT2D eigenvalue weighted by Gasteiger charge is 2.18. The van der Waals surface area contributed by atoms with Gasteiger partial charge in [0.2, 0.25) is 0 Å². The topological polar surface area (TPSA) is 140 Å². The van der Waals surface area contributed by atoms with E-state index in [2.05, 4.69) is 10.5 Å². The standard InChI is InChI=1S/C18H17N3O7/c1-11(18(23)24)28-16-13(6-4-8-15(16)27-2)10-19-20-17(22)12-5-3-7-14(9-12)21(25)26/h3-11H,1-2H3,(H,20,22)(H,23,24)/b19-10+. The van der Waals surface area contributed by atoms with Crippen LogP contribution in [0.4, 0.5) is 5.69 Å². The molecule has 2 aromatic rings. The van der Waals surface area contributed by atoms with E-state index in [1.165, 1.54) is 38.4 Å². The quantitative estimate of drug-likeness (QED) is 0.402. The third-order valence-corrected chi connectivity index (χ3v) is 3.56. The number of aliphatic carboxylic acids is 1. The summed E-state index contributed by atoms with van der Waals surface area (Å²) >= 11 is 0. The number of nitrogens with one attached hydrogen (secondary N) is 1. The number of methoxy groups -OCH3 is 1. The Balaban J connectivity index is 2.19. The molecule has 2 N–H and O–H groups in total. The summed E-state index contributed by atoms with van der Waals surface area (Å²) in [5.74, 6) is -1.37. The van der Waals surface area contributed by atoms with Gasteiger partial charge in [-0.25, -0.2) is 10.2 Å². The molecular weight excluding hydrogens is 370 g/mol. The molecule has 0 aromatic heterocycles. The number of hydrogen-bond acceptors (Lipinski definition) is 7. The Kier molecular flexibility index (Phi) is 6.63. The molecule has 1 unspecified atom stereocenters. The van der Waals surface area contributed by atoms with Crippen LogP contribution in [0.5, 0.6) is 11.5 Å². The smallest absolute Gasteiger partial charge is 0.344 e. The van der Waals surface area contributed by atoms with Crippen molar-refractivity contribution in [2.24, 2.45) is 5.10 Å². The summed E-state index contributed by atoms with van der Waals surface area (Å²) < 4.78 is 10.6. The van der Waals surface area contributed by atoms with Crippen molar-refractivity contribution in [1.82, 2.24) is 5.43 Å². The minimum absolute atomic E-state index is 0.0629. The molecule has 2 aromatic carbocycles. The van der Waals surface area contributed by atoms with Crippen molar-refractivity contribution >= 4 is 23.8 Å². The van der Waals surface area contributed by atoms with Crippen LogP contribution >= 0.6 is 0 Å². The summed E-state index contributed by atoms with van der Waals surface area (Å²) in [6, 6.07) is 10.0. The Bertz CT molecular complexity index is 927. The molecule has 0 radical (unpaired) electrons. The lowest BCUT2D eigenvalue weighted by molar-refractivity contribution is -0.384. The number of rotatable bonds is 8. The van der Waals surface area contributed by atoms with Crippen molar-refractivity contribution in [3.05, 3.63) is 63.7 Å². The number of hydrogen-bond donors (Lipinski definition) is 2. The maximum absolute atomic E-state index is 12.1. The van der Waals surface area contributed by atoms with Crippen LogP contribution < -0.4 is 14.9 Å². The first-order valence-electron chi connectivity index (χ1n) is 7.97. The fourth-order valence-corrected chi connectivity index (χ4v) is 2.13. The van der Waals surface area contributed by atoms with Gasteiger partial charge < -0.3 is 14.6 Å². The molecule has 0 fully saturated rings. The summed E-state index contributed by atoms with van der Waals surface area (Å²) in [6.07, 6.45) is 0.115. The normalized spacial score (nSPS) is 11.6. The highest BCUT2D eigenvalue weighted by atomic mass is 16.6. The molecule has 0 aliphatic heterocycles. The van der Waals surface area contributed by atoms with Crippen LogP contribution in [0.25, 0.3) is 0 Å². The van der Waals surface area contributed by atoms with Crippen molar-refractivity contribution < 1.29 is 29.1 Å². The summed E-state index contributed by atoms with van der Waals surface area (Å²) in [6.45, 7) is 1.36. The lowest BCUT2D eigenvalue weighted by Gasteiger charge is -2.15. The van der Waals surface area contributed by atoms with Gasteiger partial charge in [-0.15, -0.1) is 0 Å². The summed E-state index contributed by atoms with van der Waals surface area (Å²) in [5.41, 5.74) is 2.46. The van der Waals surface area contributed by atoms with Crippen molar-refractivity contribution in [1.29, 1.82) is 0 Å². The maximum atomic E-state index is 12.1. The van der Waals surface area contributed by atoms with Crippen LogP contribution in [0.2, 0.25) is 0 Å². The van der Waals surface area contributed by atoms with E-state index in [0.29, 0.717) is 11.3 Å². The molecule has 28 heavy (non-hydrogen) atoms. The van der Waals surface area contributed by atoms with Crippen LogP contribution in [0.1, 0.15) is 22.8 Å². The van der Waals surface area contributed by atoms with Crippen molar-refractivity contribution in [3.8, 4) is 11.5 Å². The number of carboxylic acids is 1. The van der Waals surface area contributed by atoms with E-state index in [-0.39, 0.29) is 17.0 Å². The number of non-ortho nitro benzene ring substituents is 1. The minimum atomic E-state index is -1.16. The molecule has 10 nitrogen and oxygen atoms in total. The van der Waals surface area contributed by atoms with Gasteiger partial charge in [-0.05, 0) is 25.1 Å². The second kappa shape index (κ2) is 9.12. The van der Waals surface area contributed by atoms with E-state index in [1.807, 2.05) is 0 Å². The number of benzene rings is 2. The fourth-order valence-electron chi connectivity index (χ4n) is 2.13. The van der Waals surface area contributed by atoms with Gasteiger partial charge in [0.15, 0.2) is 17.6 Å². The monoisotopic (exact) mass is 387 g/mol. The molecule has 0 bridgehead atoms. The number of para-hydroxylation sites is 1. The zero-order chi connectivity index (χ0) is 20.7. The lowest BCUT2D eigenvalue weighted by Crippen LogP contribution is -2.24. The number of ether oxygens (including phenoxy) is 2. The third-order valence-electron chi connectivity index (χ3n) is 3.56. The predicted octanol–water partition coefficient (Wildman–Crippen LogP) is 2.22. The van der Waals surface area contributed by atoms with Gasteiger partial charge in [-0.3, -0.25) is 14.9 Å². The van der Waals surface area contributed by atoms with Gasteiger partial charge in [0.1, 0.15) is 0 Å². The van der Waals surface area contributed by atoms with Crippen LogP contribution in [0.15, 0.2) is 47.6 Å². The first-order chi connectivity index (χ1) is 13.3. The third kappa shape index (κ3) is 5.04. The number of amides is 1. The number of carboxylic acid groups (broad SMARTS) is 1. The largest absolute Gasteiger partial charge is 0.493 e. The van der Waals surface area contributed by atoms with E-state index in [9.17, 15) is 19.7 Å². The number of nitro benzene ring substituents is 1. The molecule has 0 aliphatic carbocycles. The second-order valence-electron chi connectivity index (χ2n) is 5.48. The molecule has 2 rings (SSSR count). The van der Waals surface area contributed by atoms with Crippen LogP contribution in [0.3, 0.4) is 0 Å². The average molecular weight is 387 g/mol. The van der Waals surface area contributed by atoms with Gasteiger partial charge >= 0.3 is 5.97 Å². The minimum Gasteiger partial charge on any atom is -0.493 e. The molecule has 146 valence electrons. The molecule has 0 spiro atoms. The zero-order valence-electron chi connectivity index (χ0n) is 15.0. The van der Waals surface area contributed by atoms with E-state index in [4.69, 9.17) is 14.6 Å². The Morgan fingerprint density at radius 3 is 2.64 bits per heavy atom. The Morgan fingerprint density at radius 2 is 2.00 bits per heavy atom. The molecular formula is C18H17N3O7. The van der Waals surface area contributed by atoms with Gasteiger partial charge in [0, 0.05) is 23.3 Å². The summed E-state index contributed by atoms with van der Waals surface area (Å²) in [7, 11) is 1.40. The van der Waals surface area contributed by atoms with Gasteiger partial charge in [0.25, 0.3) is 11.6 Å². The summed E-state index contributed by atoms with van der Waals surface area (Å²) in [4.78, 5) is 33.3. The highest BCUT2D eigenvalue weighted by molar-refractivity contribution is 5.95. The fraction of sp³-hybridized carbons (Fsp3) is 0.167. The van der Waals surface area contributed by atoms with E-state index < -0.39 is 22.9 Å². The van der Waals surface area contributed by atoms with E-state index >= 15 is 0 Å². The number of nitro groups is 1. The summed E-state index contributed by atoms with van der Waals surface area (Å²) in [5, 5.41) is 23.6. The van der Waals surface area contributed by atoms with Gasteiger partial charge in [0.05, 0.1) is 18.2 Å². The van der Waals surface area contributed by atoms with Gasteiger partial charge in [-0.1, -0.05) is 12.1 Å². The van der Waals surface area contributed by atoms with E-state index in [1.54, 1.807) is 18.2 Å². The second-order valence-corrected chi connectivity index (χ2v) is 5.48. The Morgan fingerprint density at radius 1 is 1.29 bits per heavy atom. The Labute approximate surface area is 159 Å². The molecule has 0 saturated carbocycles. The lowest BCUT2D eigenvalue weighted by atomic mass is 10.2. The first-order valence-corrected chi connectivity index (χ1v) is 7.97. The van der Waals surface area contributed by atoms with E-state index in [0.717, 1.165) is 6.07 Å². The molecule has 10 heteroatoms. The van der Waals surface area contributed by atoms with Gasteiger partial charge in [-0.2, -0.15) is 5.10 Å². The van der Waals surface area contributed by atoms with Crippen LogP contribution in [0, 0.1) is 10.1 Å². The molecule has 0 aliphatic rings. The SMILES string of the molecule is COc1cccc(/C=N/NC(=O)c2cccc([N+](=O)[O-])c2)c1OC(C)C(=O)O. The molecule has 1 atom stereocenters. The first kappa shape index (κ1) is 20.4. The number of hydrazone groups is 1. The van der Waals surface area contributed by atoms with Crippen molar-refractivity contribution in [2.45, 2.75) is 13.0 Å². The predicted molar refractivity (Wildman–Crippen MR) is 98.9 cm³/mol. The highest BCUT2D eigenvalue weighted by Crippen LogP contribution is 2.31.